The third-order valence-corrected chi connectivity index (χ3v) is 3.44. The van der Waals surface area contributed by atoms with E-state index in [9.17, 15) is 13.6 Å². The van der Waals surface area contributed by atoms with Crippen LogP contribution in [0, 0.1) is 11.6 Å². The lowest BCUT2D eigenvalue weighted by Gasteiger charge is -2.09. The number of nitrogens with zero attached hydrogens (tertiary/aromatic N) is 2. The van der Waals surface area contributed by atoms with Crippen molar-refractivity contribution in [1.29, 1.82) is 0 Å². The molecule has 1 amide bonds. The van der Waals surface area contributed by atoms with Gasteiger partial charge in [-0.3, -0.25) is 9.78 Å². The van der Waals surface area contributed by atoms with Gasteiger partial charge in [0.15, 0.2) is 5.96 Å². The van der Waals surface area contributed by atoms with Crippen molar-refractivity contribution in [2.45, 2.75) is 0 Å². The van der Waals surface area contributed by atoms with Gasteiger partial charge in [0.25, 0.3) is 5.91 Å². The van der Waals surface area contributed by atoms with Gasteiger partial charge in [-0.25, -0.2) is 8.78 Å². The standard InChI is InChI=1S/C17H12F2N4O/c18-12-2-1-3-13(19)14(12)15-11-8-10(16(24)23-17(20)21)5-4-9(11)6-7-22-15/h1-8H,(H4,20,21,23,24). The average molecular weight is 326 g/mol. The first kappa shape index (κ1) is 15.5. The van der Waals surface area contributed by atoms with Crippen LogP contribution in [0.25, 0.3) is 22.0 Å². The summed E-state index contributed by atoms with van der Waals surface area (Å²) >= 11 is 0. The maximum atomic E-state index is 14.1. The molecule has 120 valence electrons. The number of hydrogen-bond acceptors (Lipinski definition) is 2. The molecule has 0 aliphatic carbocycles. The fourth-order valence-corrected chi connectivity index (χ4v) is 2.41. The van der Waals surface area contributed by atoms with Crippen LogP contribution in [0.2, 0.25) is 0 Å². The molecule has 5 nitrogen and oxygen atoms in total. The third kappa shape index (κ3) is 2.79. The number of rotatable bonds is 2. The summed E-state index contributed by atoms with van der Waals surface area (Å²) in [4.78, 5) is 19.5. The Kier molecular flexibility index (Phi) is 3.91. The maximum absolute atomic E-state index is 14.1. The van der Waals surface area contributed by atoms with Gasteiger partial charge in [0.05, 0.1) is 11.3 Å². The Hall–Kier alpha value is -3.35. The highest BCUT2D eigenvalue weighted by Crippen LogP contribution is 2.31. The molecule has 3 rings (SSSR count). The molecule has 0 radical (unpaired) electrons. The van der Waals surface area contributed by atoms with E-state index in [0.717, 1.165) is 12.1 Å². The van der Waals surface area contributed by atoms with E-state index < -0.39 is 17.5 Å². The minimum Gasteiger partial charge on any atom is -0.370 e. The van der Waals surface area contributed by atoms with Crippen molar-refractivity contribution in [1.82, 2.24) is 4.98 Å². The number of aromatic nitrogens is 1. The number of guanidine groups is 1. The Bertz CT molecular complexity index is 961. The van der Waals surface area contributed by atoms with Crippen LogP contribution in [0.4, 0.5) is 8.78 Å². The van der Waals surface area contributed by atoms with Crippen molar-refractivity contribution in [3.8, 4) is 11.3 Å². The summed E-state index contributed by atoms with van der Waals surface area (Å²) in [5.74, 6) is -2.50. The Balaban J connectivity index is 2.26. The number of amides is 1. The first-order valence-corrected chi connectivity index (χ1v) is 6.94. The van der Waals surface area contributed by atoms with Gasteiger partial charge in [-0.2, -0.15) is 4.99 Å². The van der Waals surface area contributed by atoms with Gasteiger partial charge in [-0.05, 0) is 35.7 Å². The summed E-state index contributed by atoms with van der Waals surface area (Å²) in [7, 11) is 0. The van der Waals surface area contributed by atoms with E-state index in [1.807, 2.05) is 0 Å². The molecule has 4 N–H and O–H groups in total. The van der Waals surface area contributed by atoms with E-state index in [4.69, 9.17) is 11.5 Å². The molecule has 0 unspecified atom stereocenters. The zero-order valence-corrected chi connectivity index (χ0v) is 12.3. The van der Waals surface area contributed by atoms with Crippen LogP contribution in [0.15, 0.2) is 53.7 Å². The number of carbonyl (C=O) groups is 1. The van der Waals surface area contributed by atoms with Crippen molar-refractivity contribution in [2.24, 2.45) is 16.5 Å². The number of halogens is 2. The highest BCUT2D eigenvalue weighted by atomic mass is 19.1. The van der Waals surface area contributed by atoms with Crippen LogP contribution >= 0.6 is 0 Å². The Morgan fingerprint density at radius 1 is 1.04 bits per heavy atom. The molecule has 1 heterocycles. The monoisotopic (exact) mass is 326 g/mol. The van der Waals surface area contributed by atoms with E-state index >= 15 is 0 Å². The van der Waals surface area contributed by atoms with Gasteiger partial charge in [-0.1, -0.05) is 12.1 Å². The predicted molar refractivity (Wildman–Crippen MR) is 87.2 cm³/mol. The van der Waals surface area contributed by atoms with Crippen LogP contribution in [0.5, 0.6) is 0 Å². The number of aliphatic imine (C=N–C) groups is 1. The van der Waals surface area contributed by atoms with Crippen LogP contribution in [0.1, 0.15) is 10.4 Å². The average Bonchev–Trinajstić information content (AvgIpc) is 2.53. The predicted octanol–water partition coefficient (Wildman–Crippen LogP) is 2.59. The van der Waals surface area contributed by atoms with Crippen molar-refractivity contribution in [3.63, 3.8) is 0 Å². The van der Waals surface area contributed by atoms with Gasteiger partial charge >= 0.3 is 0 Å². The Morgan fingerprint density at radius 3 is 2.42 bits per heavy atom. The molecular formula is C17H12F2N4O. The number of hydrogen-bond donors (Lipinski definition) is 2. The smallest absolute Gasteiger partial charge is 0.280 e. The second-order valence-electron chi connectivity index (χ2n) is 5.03. The lowest BCUT2D eigenvalue weighted by Crippen LogP contribution is -2.24. The molecule has 2 aromatic carbocycles. The van der Waals surface area contributed by atoms with Crippen LogP contribution in [0.3, 0.4) is 0 Å². The third-order valence-electron chi connectivity index (χ3n) is 3.44. The highest BCUT2D eigenvalue weighted by Gasteiger charge is 2.16. The maximum Gasteiger partial charge on any atom is 0.280 e. The van der Waals surface area contributed by atoms with Crippen molar-refractivity contribution < 1.29 is 13.6 Å². The molecule has 3 aromatic rings. The molecule has 0 bridgehead atoms. The van der Waals surface area contributed by atoms with E-state index in [-0.39, 0.29) is 22.8 Å². The van der Waals surface area contributed by atoms with Gasteiger partial charge < -0.3 is 11.5 Å². The van der Waals surface area contributed by atoms with Crippen LogP contribution in [-0.4, -0.2) is 16.9 Å². The molecule has 0 aliphatic rings. The molecule has 0 aliphatic heterocycles. The Labute approximate surface area is 135 Å². The number of fused-ring (bicyclic) bond motifs is 1. The molecule has 0 spiro atoms. The lowest BCUT2D eigenvalue weighted by atomic mass is 10.0. The zero-order valence-electron chi connectivity index (χ0n) is 12.3. The first-order chi connectivity index (χ1) is 11.5. The van der Waals surface area contributed by atoms with Gasteiger partial charge in [0.2, 0.25) is 0 Å². The summed E-state index contributed by atoms with van der Waals surface area (Å²) in [6.45, 7) is 0. The van der Waals surface area contributed by atoms with E-state index in [1.165, 1.54) is 24.4 Å². The van der Waals surface area contributed by atoms with Gasteiger partial charge in [0.1, 0.15) is 11.6 Å². The van der Waals surface area contributed by atoms with Gasteiger partial charge in [0, 0.05) is 17.1 Å². The normalized spacial score (nSPS) is 10.6. The van der Waals surface area contributed by atoms with E-state index in [0.29, 0.717) is 10.8 Å². The Morgan fingerprint density at radius 2 is 1.75 bits per heavy atom. The number of pyridine rings is 1. The minimum absolute atomic E-state index is 0.0995. The summed E-state index contributed by atoms with van der Waals surface area (Å²) in [5, 5.41) is 1.09. The largest absolute Gasteiger partial charge is 0.370 e. The summed E-state index contributed by atoms with van der Waals surface area (Å²) in [6.07, 6.45) is 1.45. The summed E-state index contributed by atoms with van der Waals surface area (Å²) < 4.78 is 28.2. The van der Waals surface area contributed by atoms with Crippen molar-refractivity contribution in [3.05, 3.63) is 65.9 Å². The molecule has 7 heteroatoms. The summed E-state index contributed by atoms with van der Waals surface area (Å²) in [6, 6.07) is 9.85. The van der Waals surface area contributed by atoms with E-state index in [2.05, 4.69) is 9.98 Å². The summed E-state index contributed by atoms with van der Waals surface area (Å²) in [5.41, 5.74) is 10.4. The topological polar surface area (TPSA) is 94.4 Å². The number of benzene rings is 2. The molecule has 0 saturated carbocycles. The SMILES string of the molecule is NC(N)=NC(=O)c1ccc2ccnc(-c3c(F)cccc3F)c2c1. The lowest BCUT2D eigenvalue weighted by molar-refractivity contribution is 0.100. The van der Waals surface area contributed by atoms with Crippen molar-refractivity contribution >= 4 is 22.6 Å². The fraction of sp³-hybridized carbons (Fsp3) is 0. The molecule has 0 saturated heterocycles. The van der Waals surface area contributed by atoms with Crippen LogP contribution < -0.4 is 11.5 Å². The molecule has 0 fully saturated rings. The molecule has 24 heavy (non-hydrogen) atoms. The number of nitrogens with two attached hydrogens (primary N) is 2. The van der Waals surface area contributed by atoms with E-state index in [1.54, 1.807) is 12.1 Å². The van der Waals surface area contributed by atoms with Crippen molar-refractivity contribution in [2.75, 3.05) is 0 Å². The fourth-order valence-electron chi connectivity index (χ4n) is 2.41. The molecular weight excluding hydrogens is 314 g/mol. The van der Waals surface area contributed by atoms with Crippen LogP contribution in [-0.2, 0) is 0 Å². The second kappa shape index (κ2) is 6.04. The molecule has 1 aromatic heterocycles. The first-order valence-electron chi connectivity index (χ1n) is 6.94. The highest BCUT2D eigenvalue weighted by molar-refractivity contribution is 6.06. The quantitative estimate of drug-likeness (QED) is 0.559. The minimum atomic E-state index is -0.740. The van der Waals surface area contributed by atoms with Gasteiger partial charge in [-0.15, -0.1) is 0 Å². The second-order valence-corrected chi connectivity index (χ2v) is 5.03. The zero-order chi connectivity index (χ0) is 17.3. The molecule has 0 atom stereocenters. The number of carbonyl (C=O) groups excluding carboxylic acids is 1.